The zero-order valence-electron chi connectivity index (χ0n) is 17.6. The van der Waals surface area contributed by atoms with Gasteiger partial charge in [-0.1, -0.05) is 24.8 Å². The highest BCUT2D eigenvalue weighted by molar-refractivity contribution is 7.98. The molecule has 1 aliphatic rings. The number of thioether (sulfide) groups is 1. The van der Waals surface area contributed by atoms with E-state index in [2.05, 4.69) is 22.1 Å². The summed E-state index contributed by atoms with van der Waals surface area (Å²) in [6.45, 7) is 8.97. The van der Waals surface area contributed by atoms with E-state index in [1.54, 1.807) is 18.0 Å². The Morgan fingerprint density at radius 3 is 3.03 bits per heavy atom. The standard InChI is InChI=1S/C22H32N4O2S/c1-4-28-14-6-11-25-12-9-20(17(2)16-25)24-21(27)18-7-5-8-19(15-18)26-13-10-23-22(26)29-3/h5,7-8,10,13,15,17,20H,4,6,9,11-12,14,16H2,1-3H3,(H,24,27). The largest absolute Gasteiger partial charge is 0.382 e. The van der Waals surface area contributed by atoms with Crippen molar-refractivity contribution in [1.82, 2.24) is 19.8 Å². The number of hydrogen-bond acceptors (Lipinski definition) is 5. The van der Waals surface area contributed by atoms with E-state index in [0.29, 0.717) is 11.5 Å². The average molecular weight is 417 g/mol. The number of nitrogens with one attached hydrogen (secondary N) is 1. The van der Waals surface area contributed by atoms with Crippen LogP contribution >= 0.6 is 11.8 Å². The number of benzene rings is 1. The van der Waals surface area contributed by atoms with E-state index in [0.717, 1.165) is 56.5 Å². The Labute approximate surface area is 178 Å². The Balaban J connectivity index is 1.56. The van der Waals surface area contributed by atoms with Crippen LogP contribution in [0.25, 0.3) is 5.69 Å². The fraction of sp³-hybridized carbons (Fsp3) is 0.545. The first kappa shape index (κ1) is 21.9. The highest BCUT2D eigenvalue weighted by Crippen LogP contribution is 2.20. The third-order valence-electron chi connectivity index (χ3n) is 5.45. The van der Waals surface area contributed by atoms with Crippen LogP contribution in [0.3, 0.4) is 0 Å². The number of hydrogen-bond donors (Lipinski definition) is 1. The third-order valence-corrected chi connectivity index (χ3v) is 6.12. The lowest BCUT2D eigenvalue weighted by molar-refractivity contribution is 0.0843. The van der Waals surface area contributed by atoms with Crippen LogP contribution in [0.1, 0.15) is 37.0 Å². The molecule has 1 aliphatic heterocycles. The second kappa shape index (κ2) is 10.8. The summed E-state index contributed by atoms with van der Waals surface area (Å²) in [4.78, 5) is 19.7. The molecule has 1 amide bonds. The molecular formula is C22H32N4O2S. The van der Waals surface area contributed by atoms with Gasteiger partial charge in [-0.25, -0.2) is 4.98 Å². The number of imidazole rings is 1. The van der Waals surface area contributed by atoms with Gasteiger partial charge in [0, 0.05) is 62.5 Å². The molecule has 2 unspecified atom stereocenters. The molecule has 29 heavy (non-hydrogen) atoms. The molecule has 0 radical (unpaired) electrons. The van der Waals surface area contributed by atoms with Crippen LogP contribution in [0, 0.1) is 5.92 Å². The van der Waals surface area contributed by atoms with Crippen LogP contribution in [-0.2, 0) is 4.74 Å². The molecule has 1 aromatic heterocycles. The number of ether oxygens (including phenoxy) is 1. The molecule has 7 heteroatoms. The molecule has 2 aromatic rings. The van der Waals surface area contributed by atoms with Crippen molar-refractivity contribution in [2.24, 2.45) is 5.92 Å². The summed E-state index contributed by atoms with van der Waals surface area (Å²) in [5.41, 5.74) is 1.64. The van der Waals surface area contributed by atoms with E-state index >= 15 is 0 Å². The molecule has 0 aliphatic carbocycles. The Hall–Kier alpha value is -1.83. The molecule has 0 bridgehead atoms. The fourth-order valence-corrected chi connectivity index (χ4v) is 4.40. The molecule has 0 spiro atoms. The fourth-order valence-electron chi connectivity index (χ4n) is 3.87. The van der Waals surface area contributed by atoms with Crippen molar-refractivity contribution < 1.29 is 9.53 Å². The molecule has 1 saturated heterocycles. The van der Waals surface area contributed by atoms with Gasteiger partial charge in [0.15, 0.2) is 5.16 Å². The summed E-state index contributed by atoms with van der Waals surface area (Å²) in [5, 5.41) is 4.17. The van der Waals surface area contributed by atoms with Crippen LogP contribution in [-0.4, -0.2) is 65.5 Å². The number of carbonyl (C=O) groups is 1. The second-order valence-electron chi connectivity index (χ2n) is 7.53. The highest BCUT2D eigenvalue weighted by atomic mass is 32.2. The topological polar surface area (TPSA) is 59.4 Å². The van der Waals surface area contributed by atoms with Crippen LogP contribution in [0.5, 0.6) is 0 Å². The number of rotatable bonds is 9. The lowest BCUT2D eigenvalue weighted by Crippen LogP contribution is -2.50. The van der Waals surface area contributed by atoms with Gasteiger partial charge in [0.05, 0.1) is 0 Å². The average Bonchev–Trinajstić information content (AvgIpc) is 3.22. The molecule has 2 atom stereocenters. The van der Waals surface area contributed by atoms with Crippen molar-refractivity contribution in [3.05, 3.63) is 42.2 Å². The predicted octanol–water partition coefficient (Wildman–Crippen LogP) is 3.46. The van der Waals surface area contributed by atoms with Crippen LogP contribution in [0.2, 0.25) is 0 Å². The number of likely N-dealkylation sites (tertiary alicyclic amines) is 1. The molecule has 1 fully saturated rings. The number of amides is 1. The van der Waals surface area contributed by atoms with E-state index in [-0.39, 0.29) is 11.9 Å². The summed E-state index contributed by atoms with van der Waals surface area (Å²) < 4.78 is 7.44. The zero-order valence-corrected chi connectivity index (χ0v) is 18.5. The molecule has 6 nitrogen and oxygen atoms in total. The van der Waals surface area contributed by atoms with E-state index in [4.69, 9.17) is 4.74 Å². The van der Waals surface area contributed by atoms with Gasteiger partial charge in [0.2, 0.25) is 0 Å². The van der Waals surface area contributed by atoms with Crippen LogP contribution < -0.4 is 5.32 Å². The summed E-state index contributed by atoms with van der Waals surface area (Å²) in [7, 11) is 0. The van der Waals surface area contributed by atoms with Gasteiger partial charge in [-0.3, -0.25) is 9.36 Å². The van der Waals surface area contributed by atoms with Gasteiger partial charge in [0.1, 0.15) is 0 Å². The van der Waals surface area contributed by atoms with Crippen LogP contribution in [0.15, 0.2) is 41.8 Å². The first-order valence-electron chi connectivity index (χ1n) is 10.4. The maximum Gasteiger partial charge on any atom is 0.251 e. The minimum Gasteiger partial charge on any atom is -0.382 e. The Morgan fingerprint density at radius 2 is 2.28 bits per heavy atom. The summed E-state index contributed by atoms with van der Waals surface area (Å²) in [5.74, 6) is 0.430. The molecule has 1 aromatic carbocycles. The molecule has 2 heterocycles. The predicted molar refractivity (Wildman–Crippen MR) is 118 cm³/mol. The maximum absolute atomic E-state index is 12.9. The van der Waals surface area contributed by atoms with Gasteiger partial charge in [-0.2, -0.15) is 0 Å². The van der Waals surface area contributed by atoms with E-state index in [1.807, 2.05) is 48.2 Å². The maximum atomic E-state index is 12.9. The lowest BCUT2D eigenvalue weighted by Gasteiger charge is -2.37. The van der Waals surface area contributed by atoms with Crippen molar-refractivity contribution in [3.63, 3.8) is 0 Å². The molecule has 158 valence electrons. The minimum atomic E-state index is -0.000636. The van der Waals surface area contributed by atoms with Gasteiger partial charge >= 0.3 is 0 Å². The highest BCUT2D eigenvalue weighted by Gasteiger charge is 2.27. The van der Waals surface area contributed by atoms with Gasteiger partial charge in [-0.15, -0.1) is 0 Å². The second-order valence-corrected chi connectivity index (χ2v) is 8.30. The number of piperidine rings is 1. The van der Waals surface area contributed by atoms with E-state index in [9.17, 15) is 4.79 Å². The number of nitrogens with zero attached hydrogens (tertiary/aromatic N) is 3. The smallest absolute Gasteiger partial charge is 0.251 e. The van der Waals surface area contributed by atoms with Gasteiger partial charge < -0.3 is 15.0 Å². The minimum absolute atomic E-state index is 0.000636. The van der Waals surface area contributed by atoms with Crippen molar-refractivity contribution in [1.29, 1.82) is 0 Å². The Kier molecular flexibility index (Phi) is 8.15. The van der Waals surface area contributed by atoms with Crippen molar-refractivity contribution in [3.8, 4) is 5.69 Å². The molecule has 0 saturated carbocycles. The third kappa shape index (κ3) is 5.84. The zero-order chi connectivity index (χ0) is 20.6. The normalized spacial score (nSPS) is 20.0. The van der Waals surface area contributed by atoms with Gasteiger partial charge in [0.25, 0.3) is 5.91 Å². The van der Waals surface area contributed by atoms with Crippen molar-refractivity contribution in [2.45, 2.75) is 37.9 Å². The molecular weight excluding hydrogens is 384 g/mol. The van der Waals surface area contributed by atoms with Gasteiger partial charge in [-0.05, 0) is 50.1 Å². The SMILES string of the molecule is CCOCCCN1CCC(NC(=O)c2cccc(-n3ccnc3SC)c2)C(C)C1. The molecule has 3 rings (SSSR count). The summed E-state index contributed by atoms with van der Waals surface area (Å²) >= 11 is 1.59. The number of aromatic nitrogens is 2. The van der Waals surface area contributed by atoms with Crippen LogP contribution in [0.4, 0.5) is 0 Å². The van der Waals surface area contributed by atoms with E-state index in [1.165, 1.54) is 0 Å². The Bertz CT molecular complexity index is 795. The van der Waals surface area contributed by atoms with Crippen molar-refractivity contribution >= 4 is 17.7 Å². The lowest BCUT2D eigenvalue weighted by atomic mass is 9.93. The first-order chi connectivity index (χ1) is 14.1. The molecule has 1 N–H and O–H groups in total. The van der Waals surface area contributed by atoms with E-state index < -0.39 is 0 Å². The quantitative estimate of drug-likeness (QED) is 0.501. The number of carbonyl (C=O) groups excluding carboxylic acids is 1. The first-order valence-corrected chi connectivity index (χ1v) is 11.6. The summed E-state index contributed by atoms with van der Waals surface area (Å²) in [6, 6.07) is 7.95. The summed E-state index contributed by atoms with van der Waals surface area (Å²) in [6.07, 6.45) is 7.75. The Morgan fingerprint density at radius 1 is 1.41 bits per heavy atom. The monoisotopic (exact) mass is 416 g/mol. The van der Waals surface area contributed by atoms with Crippen molar-refractivity contribution in [2.75, 3.05) is 39.1 Å².